The number of carbonyl (C=O) groups is 2. The molecule has 0 saturated carbocycles. The topological polar surface area (TPSA) is 142 Å². The van der Waals surface area contributed by atoms with E-state index in [0.29, 0.717) is 17.0 Å². The van der Waals surface area contributed by atoms with E-state index in [1.165, 1.54) is 11.5 Å². The summed E-state index contributed by atoms with van der Waals surface area (Å²) in [5.74, 6) is 3.86. The maximum atomic E-state index is 13.5. The first-order valence-electron chi connectivity index (χ1n) is 16.4. The number of nitrogens with two attached hydrogens (primary N) is 1. The number of hydrogen-bond acceptors (Lipinski definition) is 8. The maximum absolute atomic E-state index is 13.5. The van der Waals surface area contributed by atoms with Gasteiger partial charge in [-0.15, -0.1) is 23.5 Å². The monoisotopic (exact) mass is 671 g/mol. The van der Waals surface area contributed by atoms with E-state index in [0.717, 1.165) is 71.1 Å². The van der Waals surface area contributed by atoms with Crippen molar-refractivity contribution >= 4 is 35.5 Å². The molecule has 2 aromatic carbocycles. The van der Waals surface area contributed by atoms with Crippen molar-refractivity contribution in [1.82, 2.24) is 30.2 Å². The van der Waals surface area contributed by atoms with E-state index >= 15 is 0 Å². The number of nitrogens with one attached hydrogen (secondary N) is 3. The van der Waals surface area contributed by atoms with Gasteiger partial charge in [0.15, 0.2) is 6.10 Å². The third-order valence-electron chi connectivity index (χ3n) is 9.67. The molecule has 5 N–H and O–H groups in total. The van der Waals surface area contributed by atoms with Crippen LogP contribution >= 0.6 is 23.5 Å². The average Bonchev–Trinajstić information content (AvgIpc) is 3.94. The Hall–Kier alpha value is -3.74. The number of imidazole rings is 2. The van der Waals surface area contributed by atoms with Crippen LogP contribution in [0.2, 0.25) is 0 Å². The zero-order chi connectivity index (χ0) is 32.5. The van der Waals surface area contributed by atoms with Gasteiger partial charge in [-0.2, -0.15) is 0 Å². The molecule has 1 unspecified atom stereocenters. The van der Waals surface area contributed by atoms with Crippen molar-refractivity contribution in [2.75, 3.05) is 24.6 Å². The Kier molecular flexibility index (Phi) is 9.08. The Morgan fingerprint density at radius 1 is 0.957 bits per heavy atom. The molecule has 5 heterocycles. The number of ether oxygens (including phenoxy) is 1. The van der Waals surface area contributed by atoms with Crippen molar-refractivity contribution in [1.29, 1.82) is 0 Å². The number of thioether (sulfide) groups is 2. The van der Waals surface area contributed by atoms with Gasteiger partial charge in [0.25, 0.3) is 5.91 Å². The average molecular weight is 672 g/mol. The van der Waals surface area contributed by atoms with E-state index in [9.17, 15) is 9.59 Å². The second kappa shape index (κ2) is 13.4. The molecule has 4 aromatic rings. The summed E-state index contributed by atoms with van der Waals surface area (Å²) in [7, 11) is 0. The molecule has 2 amide bonds. The highest BCUT2D eigenvalue weighted by atomic mass is 32.2. The first kappa shape index (κ1) is 31.8. The first-order valence-corrected chi connectivity index (χ1v) is 18.4. The van der Waals surface area contributed by atoms with Crippen LogP contribution < -0.4 is 11.1 Å². The number of primary amides is 1. The number of aromatic nitrogens is 4. The molecule has 0 aliphatic carbocycles. The summed E-state index contributed by atoms with van der Waals surface area (Å²) in [4.78, 5) is 43.3. The number of rotatable bonds is 9. The maximum Gasteiger partial charge on any atom is 0.405 e. The highest BCUT2D eigenvalue weighted by Gasteiger charge is 2.44. The molecule has 3 aliphatic heterocycles. The molecule has 7 rings (SSSR count). The summed E-state index contributed by atoms with van der Waals surface area (Å²) in [5, 5.41) is 3.68. The Bertz CT molecular complexity index is 1720. The van der Waals surface area contributed by atoms with Gasteiger partial charge in [0, 0.05) is 54.0 Å². The third kappa shape index (κ3) is 6.55. The number of likely N-dealkylation sites (tertiary alicyclic amines) is 1. The summed E-state index contributed by atoms with van der Waals surface area (Å²) in [6, 6.07) is 17.0. The lowest BCUT2D eigenvalue weighted by atomic mass is 10.00. The van der Waals surface area contributed by atoms with E-state index in [1.54, 1.807) is 4.90 Å². The highest BCUT2D eigenvalue weighted by molar-refractivity contribution is 8.21. The minimum Gasteiger partial charge on any atom is -0.436 e. The molecule has 1 spiro atoms. The van der Waals surface area contributed by atoms with Gasteiger partial charge in [0.1, 0.15) is 11.6 Å². The van der Waals surface area contributed by atoms with E-state index in [4.69, 9.17) is 20.4 Å². The van der Waals surface area contributed by atoms with Crippen molar-refractivity contribution < 1.29 is 14.3 Å². The Labute approximate surface area is 283 Å². The van der Waals surface area contributed by atoms with Crippen molar-refractivity contribution in [3.05, 3.63) is 72.6 Å². The third-order valence-corrected chi connectivity index (χ3v) is 13.1. The van der Waals surface area contributed by atoms with Gasteiger partial charge in [-0.05, 0) is 36.8 Å². The predicted octanol–water partition coefficient (Wildman–Crippen LogP) is 6.52. The van der Waals surface area contributed by atoms with Crippen LogP contribution in [-0.2, 0) is 9.53 Å². The van der Waals surface area contributed by atoms with E-state index < -0.39 is 12.2 Å². The molecule has 3 saturated heterocycles. The van der Waals surface area contributed by atoms with Crippen molar-refractivity contribution in [2.24, 2.45) is 11.7 Å². The molecule has 246 valence electrons. The Morgan fingerprint density at radius 3 is 2.13 bits per heavy atom. The first-order chi connectivity index (χ1) is 22.8. The van der Waals surface area contributed by atoms with Gasteiger partial charge in [0.2, 0.25) is 0 Å². The molecular weight excluding hydrogens is 631 g/mol. The number of H-pyrrole nitrogens is 2. The van der Waals surface area contributed by atoms with Gasteiger partial charge in [0.05, 0.1) is 27.6 Å². The summed E-state index contributed by atoms with van der Waals surface area (Å²) in [6.07, 6.45) is 5.50. The highest BCUT2D eigenvalue weighted by Crippen LogP contribution is 2.51. The van der Waals surface area contributed by atoms with E-state index in [1.807, 2.05) is 26.2 Å². The van der Waals surface area contributed by atoms with Gasteiger partial charge >= 0.3 is 6.09 Å². The smallest absolute Gasteiger partial charge is 0.405 e. The number of aromatic amines is 2. The Balaban J connectivity index is 1.01. The van der Waals surface area contributed by atoms with Gasteiger partial charge < -0.3 is 30.7 Å². The number of amides is 2. The standard InChI is InChI=1S/C35H41N7O3S2/c1-3-21(2)30(45-34(36)44)33(43)42-14-4-5-29(42)32-38-19-28(41-32)25-12-8-23(9-13-25)22-6-10-24(11-7-22)27-18-37-31(40-27)26-17-35(20-39-26)46-15-16-47-35/h6-13,18-19,21,26,29-30,39H,3-5,14-17,20H2,1-2H3,(H2,36,44)(H,37,40)(H,38,41)/t21?,26-,29-,30-/m0/s1. The van der Waals surface area contributed by atoms with Crippen LogP contribution in [0.3, 0.4) is 0 Å². The normalized spacial score (nSPS) is 21.7. The molecule has 12 heteroatoms. The molecular formula is C35H41N7O3S2. The summed E-state index contributed by atoms with van der Waals surface area (Å²) >= 11 is 4.18. The number of carbonyl (C=O) groups excluding carboxylic acids is 2. The lowest BCUT2D eigenvalue weighted by Gasteiger charge is -2.29. The molecule has 0 radical (unpaired) electrons. The summed E-state index contributed by atoms with van der Waals surface area (Å²) in [6.45, 7) is 5.47. The van der Waals surface area contributed by atoms with Crippen LogP contribution in [0.25, 0.3) is 33.6 Å². The number of nitrogens with zero attached hydrogens (tertiary/aromatic N) is 3. The molecule has 3 fully saturated rings. The van der Waals surface area contributed by atoms with Gasteiger partial charge in [-0.3, -0.25) is 4.79 Å². The van der Waals surface area contributed by atoms with Crippen molar-refractivity contribution in [2.45, 2.75) is 61.8 Å². The molecule has 4 atom stereocenters. The zero-order valence-electron chi connectivity index (χ0n) is 26.7. The second-order valence-corrected chi connectivity index (χ2v) is 15.9. The van der Waals surface area contributed by atoms with Crippen LogP contribution in [-0.4, -0.2) is 71.6 Å². The SMILES string of the molecule is CCC(C)[C@H](OC(N)=O)C(=O)N1CCC[C@H]1c1nc(-c2ccc(-c3ccc(-c4c[nH]c([C@@H]5CC6(CN5)SCCS6)n4)cc3)cc2)c[nH]1. The van der Waals surface area contributed by atoms with Crippen molar-refractivity contribution in [3.8, 4) is 33.6 Å². The van der Waals surface area contributed by atoms with Crippen molar-refractivity contribution in [3.63, 3.8) is 0 Å². The molecule has 3 aliphatic rings. The largest absolute Gasteiger partial charge is 0.436 e. The fourth-order valence-corrected chi connectivity index (χ4v) is 10.0. The van der Waals surface area contributed by atoms with Crippen LogP contribution in [0.4, 0.5) is 4.79 Å². The fraction of sp³-hybridized carbons (Fsp3) is 0.429. The quantitative estimate of drug-likeness (QED) is 0.158. The number of benzene rings is 2. The van der Waals surface area contributed by atoms with Crippen LogP contribution in [0.1, 0.15) is 63.3 Å². The second-order valence-electron chi connectivity index (χ2n) is 12.7. The predicted molar refractivity (Wildman–Crippen MR) is 188 cm³/mol. The van der Waals surface area contributed by atoms with Crippen LogP contribution in [0.5, 0.6) is 0 Å². The van der Waals surface area contributed by atoms with Crippen LogP contribution in [0, 0.1) is 5.92 Å². The van der Waals surface area contributed by atoms with Gasteiger partial charge in [-0.25, -0.2) is 14.8 Å². The lowest BCUT2D eigenvalue weighted by molar-refractivity contribution is -0.144. The van der Waals surface area contributed by atoms with E-state index in [2.05, 4.69) is 87.3 Å². The minimum atomic E-state index is -0.932. The number of hydrogen-bond donors (Lipinski definition) is 4. The zero-order valence-corrected chi connectivity index (χ0v) is 28.3. The van der Waals surface area contributed by atoms with Crippen LogP contribution in [0.15, 0.2) is 60.9 Å². The molecule has 47 heavy (non-hydrogen) atoms. The van der Waals surface area contributed by atoms with E-state index in [-0.39, 0.29) is 23.9 Å². The van der Waals surface area contributed by atoms with Gasteiger partial charge in [-0.1, -0.05) is 62.4 Å². The molecule has 0 bridgehead atoms. The molecule has 10 nitrogen and oxygen atoms in total. The molecule has 2 aromatic heterocycles. The minimum absolute atomic E-state index is 0.140. The Morgan fingerprint density at radius 2 is 1.53 bits per heavy atom. The fourth-order valence-electron chi connectivity index (χ4n) is 6.86. The lowest BCUT2D eigenvalue weighted by Crippen LogP contribution is -2.45. The summed E-state index contributed by atoms with van der Waals surface area (Å²) < 4.78 is 5.57. The summed E-state index contributed by atoms with van der Waals surface area (Å²) in [5.41, 5.74) is 11.4.